The summed E-state index contributed by atoms with van der Waals surface area (Å²) in [5, 5.41) is 1.40. The molecule has 0 aliphatic carbocycles. The number of rotatable bonds is 1. The van der Waals surface area contributed by atoms with Crippen LogP contribution in [0, 0.1) is 0 Å². The number of hydrogen-bond acceptors (Lipinski definition) is 1. The molecule has 0 aliphatic heterocycles. The van der Waals surface area contributed by atoms with Gasteiger partial charge in [0.2, 0.25) is 5.43 Å². The summed E-state index contributed by atoms with van der Waals surface area (Å²) >= 11 is 6.74. The lowest BCUT2D eigenvalue weighted by Crippen LogP contribution is -2.13. The molecule has 0 radical (unpaired) electrons. The van der Waals surface area contributed by atoms with Gasteiger partial charge < -0.3 is 4.57 Å². The summed E-state index contributed by atoms with van der Waals surface area (Å²) in [4.78, 5) is 12.0. The van der Waals surface area contributed by atoms with Crippen molar-refractivity contribution in [2.75, 3.05) is 0 Å². The number of halogens is 2. The van der Waals surface area contributed by atoms with Crippen LogP contribution >= 0.6 is 31.9 Å². The molecule has 0 saturated heterocycles. The largest absolute Gasteiger partial charge is 0.346 e. The zero-order valence-corrected chi connectivity index (χ0v) is 11.3. The minimum absolute atomic E-state index is 0.0538. The summed E-state index contributed by atoms with van der Waals surface area (Å²) in [5.41, 5.74) is 1.97. The van der Waals surface area contributed by atoms with E-state index in [4.69, 9.17) is 0 Å². The first-order valence-electron chi connectivity index (χ1n) is 4.49. The smallest absolute Gasteiger partial charge is 0.203 e. The molecule has 2 rings (SSSR count). The van der Waals surface area contributed by atoms with Gasteiger partial charge in [0, 0.05) is 23.5 Å². The Morgan fingerprint density at radius 3 is 2.67 bits per heavy atom. The molecule has 0 saturated carbocycles. The number of hydrogen-bond donors (Lipinski definition) is 0. The van der Waals surface area contributed by atoms with E-state index in [1.54, 1.807) is 0 Å². The summed E-state index contributed by atoms with van der Waals surface area (Å²) in [7, 11) is 1.96. The molecule has 0 bridgehead atoms. The Kier molecular flexibility index (Phi) is 2.98. The van der Waals surface area contributed by atoms with Gasteiger partial charge in [-0.05, 0) is 28.1 Å². The fourth-order valence-electron chi connectivity index (χ4n) is 1.65. The Labute approximate surface area is 104 Å². The van der Waals surface area contributed by atoms with Crippen molar-refractivity contribution in [2.45, 2.75) is 5.33 Å². The Bertz CT molecular complexity index is 575. The molecule has 2 aromatic rings. The van der Waals surface area contributed by atoms with Gasteiger partial charge in [0.1, 0.15) is 0 Å². The van der Waals surface area contributed by atoms with Crippen LogP contribution in [-0.2, 0) is 12.4 Å². The van der Waals surface area contributed by atoms with Crippen LogP contribution in [-0.4, -0.2) is 4.57 Å². The highest BCUT2D eigenvalue weighted by Crippen LogP contribution is 2.20. The molecule has 1 aromatic carbocycles. The average molecular weight is 331 g/mol. The standard InChI is InChI=1S/C11H9Br2NO/c1-14-8-5-3-2-4-7(8)11(15)10(13)9(14)6-12/h2-5H,6H2,1H3. The number of aryl methyl sites for hydroxylation is 1. The van der Waals surface area contributed by atoms with E-state index in [9.17, 15) is 4.79 Å². The fraction of sp³-hybridized carbons (Fsp3) is 0.182. The van der Waals surface area contributed by atoms with Crippen LogP contribution in [0.4, 0.5) is 0 Å². The third kappa shape index (κ3) is 1.66. The van der Waals surface area contributed by atoms with Gasteiger partial charge in [0.15, 0.2) is 0 Å². The highest BCUT2D eigenvalue weighted by molar-refractivity contribution is 9.10. The minimum Gasteiger partial charge on any atom is -0.346 e. The van der Waals surface area contributed by atoms with Gasteiger partial charge in [-0.1, -0.05) is 28.1 Å². The Morgan fingerprint density at radius 2 is 2.00 bits per heavy atom. The van der Waals surface area contributed by atoms with Gasteiger partial charge in [-0.3, -0.25) is 4.79 Å². The van der Waals surface area contributed by atoms with Crippen LogP contribution in [0.25, 0.3) is 10.9 Å². The lowest BCUT2D eigenvalue weighted by atomic mass is 10.2. The molecule has 15 heavy (non-hydrogen) atoms. The average Bonchev–Trinajstić information content (AvgIpc) is 2.27. The van der Waals surface area contributed by atoms with Gasteiger partial charge in [0.25, 0.3) is 0 Å². The van der Waals surface area contributed by atoms with Gasteiger partial charge in [-0.2, -0.15) is 0 Å². The maximum absolute atomic E-state index is 12.0. The SMILES string of the molecule is Cn1c(CBr)c(Br)c(=O)c2ccccc21. The molecular formula is C11H9Br2NO. The Hall–Kier alpha value is -0.610. The second kappa shape index (κ2) is 4.10. The summed E-state index contributed by atoms with van der Waals surface area (Å²) < 4.78 is 2.66. The van der Waals surface area contributed by atoms with Crippen molar-refractivity contribution in [3.05, 3.63) is 44.7 Å². The van der Waals surface area contributed by atoms with Gasteiger partial charge in [-0.15, -0.1) is 0 Å². The predicted molar refractivity (Wildman–Crippen MR) is 69.5 cm³/mol. The lowest BCUT2D eigenvalue weighted by molar-refractivity contribution is 0.884. The zero-order chi connectivity index (χ0) is 11.0. The first kappa shape index (κ1) is 10.9. The number of aromatic nitrogens is 1. The molecule has 0 unspecified atom stereocenters. The molecule has 0 aliphatic rings. The highest BCUT2D eigenvalue weighted by atomic mass is 79.9. The van der Waals surface area contributed by atoms with Crippen molar-refractivity contribution in [1.82, 2.24) is 4.57 Å². The van der Waals surface area contributed by atoms with E-state index in [-0.39, 0.29) is 5.43 Å². The van der Waals surface area contributed by atoms with Gasteiger partial charge in [0.05, 0.1) is 9.99 Å². The summed E-state index contributed by atoms with van der Waals surface area (Å²) in [5.74, 6) is 0. The first-order valence-corrected chi connectivity index (χ1v) is 6.40. The number of pyridine rings is 1. The normalized spacial score (nSPS) is 10.9. The minimum atomic E-state index is 0.0538. The summed E-state index contributed by atoms with van der Waals surface area (Å²) in [6.45, 7) is 0. The number of fused-ring (bicyclic) bond motifs is 1. The fourth-order valence-corrected chi connectivity index (χ4v) is 3.30. The first-order chi connectivity index (χ1) is 7.16. The number of benzene rings is 1. The number of para-hydroxylation sites is 1. The molecule has 0 fully saturated rings. The van der Waals surface area contributed by atoms with Crippen LogP contribution in [0.1, 0.15) is 5.69 Å². The Balaban J connectivity index is 3.03. The lowest BCUT2D eigenvalue weighted by Gasteiger charge is -2.12. The van der Waals surface area contributed by atoms with Crippen molar-refractivity contribution in [3.8, 4) is 0 Å². The van der Waals surface area contributed by atoms with Crippen LogP contribution in [0.2, 0.25) is 0 Å². The van der Waals surface area contributed by atoms with Crippen LogP contribution in [0.15, 0.2) is 33.5 Å². The van der Waals surface area contributed by atoms with Gasteiger partial charge >= 0.3 is 0 Å². The topological polar surface area (TPSA) is 22.0 Å². The van der Waals surface area contributed by atoms with E-state index in [0.29, 0.717) is 9.80 Å². The molecule has 0 N–H and O–H groups in total. The molecule has 0 atom stereocenters. The molecule has 4 heteroatoms. The van der Waals surface area contributed by atoms with Crippen molar-refractivity contribution in [3.63, 3.8) is 0 Å². The van der Waals surface area contributed by atoms with E-state index in [0.717, 1.165) is 16.6 Å². The third-order valence-corrected chi connectivity index (χ3v) is 3.84. The zero-order valence-electron chi connectivity index (χ0n) is 8.13. The van der Waals surface area contributed by atoms with E-state index in [2.05, 4.69) is 31.9 Å². The van der Waals surface area contributed by atoms with E-state index < -0.39 is 0 Å². The third-order valence-electron chi connectivity index (χ3n) is 2.49. The molecule has 0 spiro atoms. The van der Waals surface area contributed by atoms with E-state index >= 15 is 0 Å². The van der Waals surface area contributed by atoms with Gasteiger partial charge in [-0.25, -0.2) is 0 Å². The van der Waals surface area contributed by atoms with Crippen LogP contribution in [0.5, 0.6) is 0 Å². The number of alkyl halides is 1. The summed E-state index contributed by atoms with van der Waals surface area (Å²) in [6.07, 6.45) is 0. The summed E-state index contributed by atoms with van der Waals surface area (Å²) in [6, 6.07) is 7.62. The van der Waals surface area contributed by atoms with Crippen molar-refractivity contribution in [1.29, 1.82) is 0 Å². The molecular weight excluding hydrogens is 322 g/mol. The predicted octanol–water partition coefficient (Wildman–Crippen LogP) is 3.20. The molecule has 1 heterocycles. The van der Waals surface area contributed by atoms with Crippen LogP contribution < -0.4 is 5.43 Å². The molecule has 0 amide bonds. The maximum atomic E-state index is 12.0. The van der Waals surface area contributed by atoms with E-state index in [1.807, 2.05) is 35.9 Å². The second-order valence-corrected chi connectivity index (χ2v) is 4.65. The van der Waals surface area contributed by atoms with Crippen molar-refractivity contribution < 1.29 is 0 Å². The second-order valence-electron chi connectivity index (χ2n) is 3.30. The molecule has 2 nitrogen and oxygen atoms in total. The monoisotopic (exact) mass is 329 g/mol. The maximum Gasteiger partial charge on any atom is 0.203 e. The Morgan fingerprint density at radius 1 is 1.33 bits per heavy atom. The van der Waals surface area contributed by atoms with Crippen molar-refractivity contribution in [2.24, 2.45) is 7.05 Å². The van der Waals surface area contributed by atoms with Crippen molar-refractivity contribution >= 4 is 42.8 Å². The van der Waals surface area contributed by atoms with Crippen LogP contribution in [0.3, 0.4) is 0 Å². The molecule has 1 aromatic heterocycles. The highest BCUT2D eigenvalue weighted by Gasteiger charge is 2.10. The van der Waals surface area contributed by atoms with E-state index in [1.165, 1.54) is 0 Å². The quantitative estimate of drug-likeness (QED) is 0.736. The number of nitrogens with zero attached hydrogens (tertiary/aromatic N) is 1. The molecule has 78 valence electrons.